The fraction of sp³-hybridized carbons (Fsp3) is 0.444. The molecule has 1 saturated heterocycles. The fourth-order valence-corrected chi connectivity index (χ4v) is 2.85. The summed E-state index contributed by atoms with van der Waals surface area (Å²) in [4.78, 5) is 13.7. The van der Waals surface area contributed by atoms with Crippen LogP contribution in [-0.4, -0.2) is 46.6 Å². The Morgan fingerprint density at radius 1 is 0.870 bits per heavy atom. The van der Waals surface area contributed by atoms with Crippen molar-refractivity contribution >= 4 is 5.95 Å². The molecule has 4 nitrogen and oxygen atoms in total. The Balaban J connectivity index is 1.67. The number of hydrogen-bond acceptors (Lipinski definition) is 4. The van der Waals surface area contributed by atoms with E-state index >= 15 is 0 Å². The molecule has 3 rings (SSSR count). The van der Waals surface area contributed by atoms with E-state index in [1.54, 1.807) is 12.1 Å². The average Bonchev–Trinajstić information content (AvgIpc) is 2.55. The highest BCUT2D eigenvalue weighted by Crippen LogP contribution is 2.21. The molecule has 2 heterocycles. The van der Waals surface area contributed by atoms with Gasteiger partial charge in [0.2, 0.25) is 5.95 Å². The quantitative estimate of drug-likeness (QED) is 0.852. The number of benzene rings is 1. The first-order valence-electron chi connectivity index (χ1n) is 8.01. The molecule has 2 aromatic rings. The van der Waals surface area contributed by atoms with E-state index in [0.29, 0.717) is 0 Å². The van der Waals surface area contributed by atoms with Gasteiger partial charge in [0.1, 0.15) is 5.82 Å². The third kappa shape index (κ3) is 3.67. The minimum Gasteiger partial charge on any atom is -0.338 e. The fourth-order valence-electron chi connectivity index (χ4n) is 2.85. The van der Waals surface area contributed by atoms with Crippen LogP contribution >= 0.6 is 0 Å². The Kier molecular flexibility index (Phi) is 4.31. The number of anilines is 1. The molecule has 1 aliphatic heterocycles. The smallest absolute Gasteiger partial charge is 0.225 e. The van der Waals surface area contributed by atoms with Crippen molar-refractivity contribution in [3.63, 3.8) is 0 Å². The summed E-state index contributed by atoms with van der Waals surface area (Å²) >= 11 is 0. The molecule has 0 bridgehead atoms. The molecule has 122 valence electrons. The summed E-state index contributed by atoms with van der Waals surface area (Å²) < 4.78 is 13.0. The van der Waals surface area contributed by atoms with Crippen LogP contribution in [0.25, 0.3) is 11.1 Å². The zero-order valence-electron chi connectivity index (χ0n) is 14.0. The third-order valence-electron chi connectivity index (χ3n) is 4.33. The van der Waals surface area contributed by atoms with Gasteiger partial charge in [-0.3, -0.25) is 4.90 Å². The Hall–Kier alpha value is -2.01. The summed E-state index contributed by atoms with van der Waals surface area (Å²) in [6.07, 6.45) is 3.62. The summed E-state index contributed by atoms with van der Waals surface area (Å²) in [7, 11) is 0. The van der Waals surface area contributed by atoms with Crippen LogP contribution < -0.4 is 4.90 Å². The molecule has 0 amide bonds. The second kappa shape index (κ2) is 6.24. The van der Waals surface area contributed by atoms with Crippen molar-refractivity contribution in [2.75, 3.05) is 31.1 Å². The molecule has 1 aliphatic rings. The van der Waals surface area contributed by atoms with E-state index in [-0.39, 0.29) is 11.4 Å². The number of nitrogens with zero attached hydrogens (tertiary/aromatic N) is 4. The number of rotatable bonds is 2. The molecule has 0 aliphatic carbocycles. The SMILES string of the molecule is CC(C)(C)N1CCN(c2ncc(-c3ccc(F)cc3)cn2)CC1. The van der Waals surface area contributed by atoms with Gasteiger partial charge in [-0.15, -0.1) is 0 Å². The molecule has 0 N–H and O–H groups in total. The van der Waals surface area contributed by atoms with Gasteiger partial charge in [0.05, 0.1) is 0 Å². The zero-order valence-corrected chi connectivity index (χ0v) is 14.0. The lowest BCUT2D eigenvalue weighted by molar-refractivity contribution is 0.128. The third-order valence-corrected chi connectivity index (χ3v) is 4.33. The lowest BCUT2D eigenvalue weighted by atomic mass is 10.1. The monoisotopic (exact) mass is 314 g/mol. The summed E-state index contributed by atoms with van der Waals surface area (Å²) in [5.41, 5.74) is 2.04. The summed E-state index contributed by atoms with van der Waals surface area (Å²) in [6.45, 7) is 10.7. The van der Waals surface area contributed by atoms with Gasteiger partial charge in [0, 0.05) is 49.7 Å². The van der Waals surface area contributed by atoms with Crippen LogP contribution in [0.15, 0.2) is 36.7 Å². The minimum atomic E-state index is -0.233. The predicted molar refractivity (Wildman–Crippen MR) is 91.0 cm³/mol. The van der Waals surface area contributed by atoms with E-state index in [1.807, 2.05) is 12.4 Å². The number of halogens is 1. The van der Waals surface area contributed by atoms with E-state index in [2.05, 4.69) is 40.5 Å². The molecule has 1 aromatic heterocycles. The normalized spacial score (nSPS) is 16.6. The second-order valence-corrected chi connectivity index (χ2v) is 6.92. The molecule has 5 heteroatoms. The highest BCUT2D eigenvalue weighted by atomic mass is 19.1. The number of aromatic nitrogens is 2. The maximum Gasteiger partial charge on any atom is 0.225 e. The van der Waals surface area contributed by atoms with E-state index < -0.39 is 0 Å². The largest absolute Gasteiger partial charge is 0.338 e. The van der Waals surface area contributed by atoms with Gasteiger partial charge >= 0.3 is 0 Å². The Labute approximate surface area is 137 Å². The topological polar surface area (TPSA) is 32.3 Å². The Morgan fingerprint density at radius 3 is 1.96 bits per heavy atom. The van der Waals surface area contributed by atoms with Crippen LogP contribution in [0.1, 0.15) is 20.8 Å². The standard InChI is InChI=1S/C18H23FN4/c1-18(2,3)23-10-8-22(9-11-23)17-20-12-15(13-21-17)14-4-6-16(19)7-5-14/h4-7,12-13H,8-11H2,1-3H3. The first-order chi connectivity index (χ1) is 10.9. The predicted octanol–water partition coefficient (Wildman–Crippen LogP) is 3.20. The van der Waals surface area contributed by atoms with Crippen LogP contribution in [0.3, 0.4) is 0 Å². The minimum absolute atomic E-state index is 0.208. The summed E-state index contributed by atoms with van der Waals surface area (Å²) in [5.74, 6) is 0.535. The van der Waals surface area contributed by atoms with Gasteiger partial charge in [-0.05, 0) is 38.5 Å². The van der Waals surface area contributed by atoms with Crippen molar-refractivity contribution in [3.05, 3.63) is 42.5 Å². The highest BCUT2D eigenvalue weighted by molar-refractivity contribution is 5.61. The maximum atomic E-state index is 13.0. The van der Waals surface area contributed by atoms with Crippen LogP contribution in [0.5, 0.6) is 0 Å². The number of piperazine rings is 1. The molecule has 0 unspecified atom stereocenters. The molecule has 1 aromatic carbocycles. The van der Waals surface area contributed by atoms with Crippen molar-refractivity contribution in [1.29, 1.82) is 0 Å². The van der Waals surface area contributed by atoms with Gasteiger partial charge < -0.3 is 4.90 Å². The molecule has 1 fully saturated rings. The molecule has 0 saturated carbocycles. The zero-order chi connectivity index (χ0) is 16.4. The van der Waals surface area contributed by atoms with Gasteiger partial charge in [0.15, 0.2) is 0 Å². The van der Waals surface area contributed by atoms with Crippen LogP contribution in [0.2, 0.25) is 0 Å². The van der Waals surface area contributed by atoms with Gasteiger partial charge in [-0.1, -0.05) is 12.1 Å². The van der Waals surface area contributed by atoms with Gasteiger partial charge in [0.25, 0.3) is 0 Å². The van der Waals surface area contributed by atoms with Crippen LogP contribution in [0.4, 0.5) is 10.3 Å². The number of hydrogen-bond donors (Lipinski definition) is 0. The van der Waals surface area contributed by atoms with Gasteiger partial charge in [-0.2, -0.15) is 0 Å². The van der Waals surface area contributed by atoms with E-state index in [9.17, 15) is 4.39 Å². The van der Waals surface area contributed by atoms with E-state index in [4.69, 9.17) is 0 Å². The molecule has 0 radical (unpaired) electrons. The van der Waals surface area contributed by atoms with Crippen LogP contribution in [-0.2, 0) is 0 Å². The lowest BCUT2D eigenvalue weighted by Gasteiger charge is -2.42. The van der Waals surface area contributed by atoms with E-state index in [0.717, 1.165) is 43.3 Å². The average molecular weight is 314 g/mol. The first kappa shape index (κ1) is 15.9. The summed E-state index contributed by atoms with van der Waals surface area (Å²) in [6, 6.07) is 6.40. The molecule has 0 atom stereocenters. The van der Waals surface area contributed by atoms with Crippen molar-refractivity contribution in [3.8, 4) is 11.1 Å². The Morgan fingerprint density at radius 2 is 1.43 bits per heavy atom. The van der Waals surface area contributed by atoms with Gasteiger partial charge in [-0.25, -0.2) is 14.4 Å². The van der Waals surface area contributed by atoms with Crippen LogP contribution in [0, 0.1) is 5.82 Å². The lowest BCUT2D eigenvalue weighted by Crippen LogP contribution is -2.53. The summed E-state index contributed by atoms with van der Waals surface area (Å²) in [5, 5.41) is 0. The van der Waals surface area contributed by atoms with Crippen molar-refractivity contribution < 1.29 is 4.39 Å². The van der Waals surface area contributed by atoms with Crippen molar-refractivity contribution in [2.24, 2.45) is 0 Å². The Bertz CT molecular complexity index is 638. The van der Waals surface area contributed by atoms with Crippen molar-refractivity contribution in [2.45, 2.75) is 26.3 Å². The molecular formula is C18H23FN4. The highest BCUT2D eigenvalue weighted by Gasteiger charge is 2.26. The first-order valence-corrected chi connectivity index (χ1v) is 8.01. The molecular weight excluding hydrogens is 291 g/mol. The molecule has 23 heavy (non-hydrogen) atoms. The van der Waals surface area contributed by atoms with E-state index in [1.165, 1.54) is 12.1 Å². The van der Waals surface area contributed by atoms with Crippen molar-refractivity contribution in [1.82, 2.24) is 14.9 Å². The maximum absolute atomic E-state index is 13.0. The second-order valence-electron chi connectivity index (χ2n) is 6.92. The molecule has 0 spiro atoms.